The molecule has 0 spiro atoms. The quantitative estimate of drug-likeness (QED) is 0.169. The van der Waals surface area contributed by atoms with Crippen LogP contribution in [0.5, 0.6) is 0 Å². The number of aromatic nitrogens is 3. The molecule has 0 saturated heterocycles. The van der Waals surface area contributed by atoms with Crippen LogP contribution in [0.25, 0.3) is 11.3 Å². The molecule has 0 aliphatic rings. The first-order valence-corrected chi connectivity index (χ1v) is 13.8. The Bertz CT molecular complexity index is 1230. The van der Waals surface area contributed by atoms with E-state index in [1.165, 1.54) is 6.92 Å². The van der Waals surface area contributed by atoms with E-state index < -0.39 is 20.5 Å². The molecule has 3 aromatic heterocycles. The number of hydrogen-bond acceptors (Lipinski definition) is 13. The zero-order valence-corrected chi connectivity index (χ0v) is 24.4. The summed E-state index contributed by atoms with van der Waals surface area (Å²) in [4.78, 5) is 16.2. The smallest absolute Gasteiger partial charge is 0.286 e. The van der Waals surface area contributed by atoms with Gasteiger partial charge in [-0.3, -0.25) is 19.9 Å². The summed E-state index contributed by atoms with van der Waals surface area (Å²) in [5.41, 5.74) is 5.24. The van der Waals surface area contributed by atoms with Crippen LogP contribution in [0.4, 0.5) is 0 Å². The molecule has 0 fully saturated rings. The number of hydrogen-bond donors (Lipinski definition) is 0. The summed E-state index contributed by atoms with van der Waals surface area (Å²) >= 11 is 0. The normalized spacial score (nSPS) is 10.3. The molecule has 13 nitrogen and oxygen atoms in total. The summed E-state index contributed by atoms with van der Waals surface area (Å²) in [7, 11) is -9.89. The van der Waals surface area contributed by atoms with Gasteiger partial charge < -0.3 is 0 Å². The minimum atomic E-state index is -4.94. The number of pyridine rings is 3. The molecule has 4 aromatic rings. The van der Waals surface area contributed by atoms with Crippen molar-refractivity contribution in [1.82, 2.24) is 19.9 Å². The van der Waals surface area contributed by atoms with Crippen molar-refractivity contribution in [2.75, 3.05) is 0 Å². The van der Waals surface area contributed by atoms with Gasteiger partial charge in [-0.05, 0) is 36.4 Å². The van der Waals surface area contributed by atoms with Crippen LogP contribution < -0.4 is 37.3 Å². The Morgan fingerprint density at radius 1 is 0.619 bits per heavy atom. The first-order chi connectivity index (χ1) is 19.3. The molecule has 0 aliphatic carbocycles. The van der Waals surface area contributed by atoms with Crippen LogP contribution in [0.15, 0.2) is 97.3 Å². The molecule has 3 heterocycles. The molecule has 1 radical (unpaired) electrons. The molecule has 4 rings (SSSR count). The monoisotopic (exact) mass is 668 g/mol. The molecule has 0 amide bonds. The molecule has 16 heteroatoms. The van der Waals surface area contributed by atoms with Crippen molar-refractivity contribution in [3.05, 3.63) is 114 Å². The number of rotatable bonds is 7. The van der Waals surface area contributed by atoms with E-state index in [4.69, 9.17) is 47.5 Å². The van der Waals surface area contributed by atoms with Crippen molar-refractivity contribution in [3.8, 4) is 17.3 Å². The Hall–Kier alpha value is -3.10. The van der Waals surface area contributed by atoms with Crippen molar-refractivity contribution in [3.63, 3.8) is 0 Å². The topological polar surface area (TPSA) is 250 Å². The van der Waals surface area contributed by atoms with Gasteiger partial charge in [-0.25, -0.2) is 37.3 Å². The first kappa shape index (κ1) is 38.9. The molecule has 0 bridgehead atoms. The average Bonchev–Trinajstić information content (AvgIpc) is 2.89. The molecule has 0 aliphatic heterocycles. The predicted molar refractivity (Wildman–Crippen MR) is 122 cm³/mol. The van der Waals surface area contributed by atoms with E-state index in [1.807, 2.05) is 54.9 Å². The van der Waals surface area contributed by atoms with Crippen molar-refractivity contribution < 1.29 is 74.8 Å². The van der Waals surface area contributed by atoms with Crippen molar-refractivity contribution in [1.29, 1.82) is 5.26 Å². The predicted octanol–water partition coefficient (Wildman–Crippen LogP) is -4.24. The minimum Gasteiger partial charge on any atom is -0.286 e. The number of halogens is 2. The maximum absolute atomic E-state index is 8.49. The van der Waals surface area contributed by atoms with E-state index in [0.29, 0.717) is 0 Å². The SMILES string of the molecule is CC#N.[Cu+2].[O-][Cl+3]([O-])([O-])[O-].[O-][Cl+3]([O-])([O-])[O-].c1ccc(-c2cccc(CN(Cc3ccccn3)Cc3ccccn3)n2)cc1. The Labute approximate surface area is 257 Å². The second-order valence-electron chi connectivity index (χ2n) is 7.65. The zero-order chi connectivity index (χ0) is 30.7. The summed E-state index contributed by atoms with van der Waals surface area (Å²) in [5, 5.41) is 7.32. The van der Waals surface area contributed by atoms with Crippen molar-refractivity contribution in [2.45, 2.75) is 26.6 Å². The Kier molecular flexibility index (Phi) is 19.2. The average molecular weight is 670 g/mol. The molecule has 0 unspecified atom stereocenters. The van der Waals surface area contributed by atoms with Gasteiger partial charge in [-0.15, -0.1) is 20.5 Å². The van der Waals surface area contributed by atoms with E-state index in [-0.39, 0.29) is 17.1 Å². The first-order valence-electron chi connectivity index (χ1n) is 11.4. The standard InChI is InChI=1S/C24H22N4.C2H3N.2ClHO4.Cu/c1-2-9-20(10-3-1)24-14-8-13-23(27-24)19-28(17-21-11-4-6-15-25-21)18-22-12-5-7-16-26-22;1-2-3;2*2-1(3,4)5;/h1-16H,17-19H2;1H3;2*(H,2,3,4,5);/q;;;;+2/p-2. The van der Waals surface area contributed by atoms with E-state index in [2.05, 4.69) is 57.3 Å². The molecule has 227 valence electrons. The zero-order valence-electron chi connectivity index (χ0n) is 21.9. The molecule has 0 N–H and O–H groups in total. The van der Waals surface area contributed by atoms with Crippen LogP contribution in [0.2, 0.25) is 0 Å². The fourth-order valence-electron chi connectivity index (χ4n) is 3.18. The molecule has 0 saturated carbocycles. The van der Waals surface area contributed by atoms with Gasteiger partial charge >= 0.3 is 17.1 Å². The van der Waals surface area contributed by atoms with Crippen LogP contribution in [-0.4, -0.2) is 19.9 Å². The largest absolute Gasteiger partial charge is 2.00 e. The maximum Gasteiger partial charge on any atom is 2.00 e. The van der Waals surface area contributed by atoms with Crippen LogP contribution in [-0.2, 0) is 36.7 Å². The van der Waals surface area contributed by atoms with Gasteiger partial charge in [0.25, 0.3) is 0 Å². The van der Waals surface area contributed by atoms with Gasteiger partial charge in [0.2, 0.25) is 0 Å². The molecular formula is C26H25Cl2CuN5O8. The van der Waals surface area contributed by atoms with E-state index in [0.717, 1.165) is 48.0 Å². The van der Waals surface area contributed by atoms with Crippen LogP contribution in [0.3, 0.4) is 0 Å². The summed E-state index contributed by atoms with van der Waals surface area (Å²) in [6, 6.07) is 30.3. The molecule has 0 atom stereocenters. The van der Waals surface area contributed by atoms with E-state index in [9.17, 15) is 0 Å². The fraction of sp³-hybridized carbons (Fsp3) is 0.154. The van der Waals surface area contributed by atoms with Crippen LogP contribution >= 0.6 is 0 Å². The summed E-state index contributed by atoms with van der Waals surface area (Å²) < 4.78 is 67.9. The summed E-state index contributed by atoms with van der Waals surface area (Å²) in [6.45, 7) is 3.65. The van der Waals surface area contributed by atoms with Gasteiger partial charge in [0.15, 0.2) is 0 Å². The van der Waals surface area contributed by atoms with Gasteiger partial charge in [0.05, 0.1) is 28.8 Å². The third-order valence-corrected chi connectivity index (χ3v) is 4.49. The van der Waals surface area contributed by atoms with E-state index >= 15 is 0 Å². The van der Waals surface area contributed by atoms with E-state index in [1.54, 1.807) is 6.07 Å². The number of nitrogens with zero attached hydrogens (tertiary/aromatic N) is 5. The minimum absolute atomic E-state index is 0. The fourth-order valence-corrected chi connectivity index (χ4v) is 3.18. The Morgan fingerprint density at radius 2 is 1.00 bits per heavy atom. The van der Waals surface area contributed by atoms with Gasteiger partial charge in [0, 0.05) is 44.5 Å². The summed E-state index contributed by atoms with van der Waals surface area (Å²) in [6.07, 6.45) is 3.67. The van der Waals surface area contributed by atoms with Gasteiger partial charge in [-0.2, -0.15) is 5.26 Å². The Morgan fingerprint density at radius 3 is 1.40 bits per heavy atom. The number of benzene rings is 1. The second kappa shape index (κ2) is 20.7. The second-order valence-corrected chi connectivity index (χ2v) is 9.16. The summed E-state index contributed by atoms with van der Waals surface area (Å²) in [5.74, 6) is 0. The van der Waals surface area contributed by atoms with Crippen molar-refractivity contribution in [2.24, 2.45) is 0 Å². The van der Waals surface area contributed by atoms with Crippen LogP contribution in [0.1, 0.15) is 24.0 Å². The maximum atomic E-state index is 8.49. The Balaban J connectivity index is 0.00000102. The number of nitriles is 1. The molecule has 42 heavy (non-hydrogen) atoms. The molecular weight excluding hydrogens is 645 g/mol. The van der Waals surface area contributed by atoms with Gasteiger partial charge in [-0.1, -0.05) is 48.5 Å². The third kappa shape index (κ3) is 21.6. The van der Waals surface area contributed by atoms with Crippen LogP contribution in [0, 0.1) is 31.8 Å². The van der Waals surface area contributed by atoms with Crippen molar-refractivity contribution >= 4 is 0 Å². The third-order valence-electron chi connectivity index (χ3n) is 4.49. The molecule has 1 aromatic carbocycles. The van der Waals surface area contributed by atoms with Gasteiger partial charge in [0.1, 0.15) is 0 Å².